The number of sulfonamides is 1. The molecule has 1 heterocycles. The van der Waals surface area contributed by atoms with Crippen molar-refractivity contribution in [2.45, 2.75) is 11.8 Å². The number of carbonyl (C=O) groups is 2. The summed E-state index contributed by atoms with van der Waals surface area (Å²) in [5.41, 5.74) is 1.02. The summed E-state index contributed by atoms with van der Waals surface area (Å²) in [6.07, 6.45) is 0. The van der Waals surface area contributed by atoms with Crippen LogP contribution in [0.4, 0.5) is 11.4 Å². The predicted molar refractivity (Wildman–Crippen MR) is 134 cm³/mol. The van der Waals surface area contributed by atoms with Crippen molar-refractivity contribution in [1.82, 2.24) is 0 Å². The Balaban J connectivity index is 1.78. The van der Waals surface area contributed by atoms with Gasteiger partial charge in [-0.25, -0.2) is 13.2 Å². The zero-order valence-corrected chi connectivity index (χ0v) is 21.1. The largest absolute Gasteiger partial charge is 0.491 e. The van der Waals surface area contributed by atoms with Gasteiger partial charge in [0.05, 0.1) is 24.5 Å². The molecule has 35 heavy (non-hydrogen) atoms. The molecule has 0 aliphatic rings. The van der Waals surface area contributed by atoms with Gasteiger partial charge in [-0.2, -0.15) is 0 Å². The van der Waals surface area contributed by atoms with Gasteiger partial charge in [0.2, 0.25) is 0 Å². The number of benzene rings is 2. The van der Waals surface area contributed by atoms with Gasteiger partial charge in [0.25, 0.3) is 15.9 Å². The van der Waals surface area contributed by atoms with Gasteiger partial charge in [-0.15, -0.1) is 11.3 Å². The summed E-state index contributed by atoms with van der Waals surface area (Å²) in [5.74, 6) is -0.535. The molecule has 1 N–H and O–H groups in total. The first-order valence-corrected chi connectivity index (χ1v) is 13.0. The number of hydrogen-bond donors (Lipinski definition) is 1. The summed E-state index contributed by atoms with van der Waals surface area (Å²) in [5, 5.41) is 4.20. The average molecular weight is 519 g/mol. The van der Waals surface area contributed by atoms with Crippen molar-refractivity contribution >= 4 is 44.6 Å². The first-order valence-electron chi connectivity index (χ1n) is 10.6. The lowest BCUT2D eigenvalue weighted by Gasteiger charge is -2.20. The molecule has 0 saturated carbocycles. The lowest BCUT2D eigenvalue weighted by atomic mass is 10.2. The lowest BCUT2D eigenvalue weighted by Crippen LogP contribution is -2.28. The van der Waals surface area contributed by atoms with Crippen LogP contribution in [0.2, 0.25) is 0 Å². The molecule has 2 aromatic carbocycles. The van der Waals surface area contributed by atoms with Crippen molar-refractivity contribution in [2.75, 3.05) is 43.6 Å². The van der Waals surface area contributed by atoms with Crippen LogP contribution in [0.3, 0.4) is 0 Å². The van der Waals surface area contributed by atoms with E-state index in [1.807, 2.05) is 0 Å². The molecule has 3 aromatic rings. The lowest BCUT2D eigenvalue weighted by molar-refractivity contribution is 0.0526. The van der Waals surface area contributed by atoms with Gasteiger partial charge in [-0.05, 0) is 60.8 Å². The Labute approximate surface area is 208 Å². The summed E-state index contributed by atoms with van der Waals surface area (Å²) in [4.78, 5) is 24.8. The monoisotopic (exact) mass is 518 g/mol. The summed E-state index contributed by atoms with van der Waals surface area (Å²) in [6.45, 7) is 2.74. The number of anilines is 2. The number of nitrogens with zero attached hydrogens (tertiary/aromatic N) is 1. The van der Waals surface area contributed by atoms with Gasteiger partial charge in [0.1, 0.15) is 22.1 Å². The number of esters is 1. The maximum Gasteiger partial charge on any atom is 0.338 e. The van der Waals surface area contributed by atoms with Gasteiger partial charge in [-0.3, -0.25) is 9.10 Å². The maximum atomic E-state index is 13.3. The minimum absolute atomic E-state index is 0.0258. The number of carbonyl (C=O) groups excluding carboxylic acids is 2. The summed E-state index contributed by atoms with van der Waals surface area (Å²) in [6, 6.07) is 14.2. The highest BCUT2D eigenvalue weighted by molar-refractivity contribution is 7.93. The molecule has 0 aliphatic carbocycles. The summed E-state index contributed by atoms with van der Waals surface area (Å²) in [7, 11) is -1.04. The molecule has 3 rings (SSSR count). The SMILES string of the molecule is CCOC(=O)c1cccc(NC(=O)c2sccc2S(=O)(=O)N(C)c2ccc(OCCOC)cc2)c1. The van der Waals surface area contributed by atoms with Crippen molar-refractivity contribution in [3.63, 3.8) is 0 Å². The number of nitrogens with one attached hydrogen (secondary N) is 1. The fourth-order valence-electron chi connectivity index (χ4n) is 3.07. The number of rotatable bonds is 11. The van der Waals surface area contributed by atoms with Crippen molar-refractivity contribution in [1.29, 1.82) is 0 Å². The third-order valence-electron chi connectivity index (χ3n) is 4.86. The standard InChI is InChI=1S/C24H26N2O7S2/c1-4-32-24(28)17-6-5-7-18(16-17)25-23(27)22-21(12-15-34-22)35(29,30)26(2)19-8-10-20(11-9-19)33-14-13-31-3/h5-12,15-16H,4,13-14H2,1-3H3,(H,25,27). The Morgan fingerprint density at radius 2 is 1.80 bits per heavy atom. The van der Waals surface area contributed by atoms with E-state index in [-0.39, 0.29) is 21.9 Å². The highest BCUT2D eigenvalue weighted by atomic mass is 32.2. The van der Waals surface area contributed by atoms with Crippen LogP contribution in [0.5, 0.6) is 5.75 Å². The highest BCUT2D eigenvalue weighted by Crippen LogP contribution is 2.29. The van der Waals surface area contributed by atoms with E-state index >= 15 is 0 Å². The Kier molecular flexibility index (Phi) is 8.85. The molecule has 11 heteroatoms. The molecule has 9 nitrogen and oxygen atoms in total. The van der Waals surface area contributed by atoms with Crippen LogP contribution in [-0.4, -0.2) is 54.3 Å². The minimum atomic E-state index is -4.03. The van der Waals surface area contributed by atoms with Gasteiger partial charge < -0.3 is 19.5 Å². The second-order valence-corrected chi connectivity index (χ2v) is 10.0. The van der Waals surface area contributed by atoms with Crippen LogP contribution in [0, 0.1) is 0 Å². The molecule has 186 valence electrons. The molecular weight excluding hydrogens is 492 g/mol. The Bertz CT molecular complexity index is 1270. The van der Waals surface area contributed by atoms with Crippen LogP contribution in [-0.2, 0) is 19.5 Å². The highest BCUT2D eigenvalue weighted by Gasteiger charge is 2.28. The topological polar surface area (TPSA) is 111 Å². The van der Waals surface area contributed by atoms with E-state index in [9.17, 15) is 18.0 Å². The van der Waals surface area contributed by atoms with E-state index in [1.165, 1.54) is 24.6 Å². The normalized spacial score (nSPS) is 11.1. The maximum absolute atomic E-state index is 13.3. The van der Waals surface area contributed by atoms with Crippen molar-refractivity contribution in [3.8, 4) is 5.75 Å². The zero-order valence-electron chi connectivity index (χ0n) is 19.5. The first kappa shape index (κ1) is 26.2. The van der Waals surface area contributed by atoms with Crippen molar-refractivity contribution < 1.29 is 32.2 Å². The van der Waals surface area contributed by atoms with Gasteiger partial charge in [-0.1, -0.05) is 6.07 Å². The fourth-order valence-corrected chi connectivity index (χ4v) is 5.56. The zero-order chi connectivity index (χ0) is 25.4. The second kappa shape index (κ2) is 11.8. The third kappa shape index (κ3) is 6.38. The molecule has 0 atom stereocenters. The van der Waals surface area contributed by atoms with Crippen LogP contribution >= 0.6 is 11.3 Å². The molecule has 0 saturated heterocycles. The number of ether oxygens (including phenoxy) is 3. The Hall–Kier alpha value is -3.41. The molecule has 0 fully saturated rings. The number of amides is 1. The van der Waals surface area contributed by atoms with E-state index in [0.717, 1.165) is 15.6 Å². The molecule has 1 amide bonds. The van der Waals surface area contributed by atoms with Gasteiger partial charge >= 0.3 is 5.97 Å². The van der Waals surface area contributed by atoms with E-state index < -0.39 is 21.9 Å². The molecule has 0 spiro atoms. The van der Waals surface area contributed by atoms with Crippen LogP contribution in [0.25, 0.3) is 0 Å². The van der Waals surface area contributed by atoms with E-state index in [2.05, 4.69) is 5.32 Å². The fraction of sp³-hybridized carbons (Fsp3) is 0.250. The molecule has 0 radical (unpaired) electrons. The van der Waals surface area contributed by atoms with Crippen LogP contribution in [0.15, 0.2) is 64.9 Å². The molecular formula is C24H26N2O7S2. The van der Waals surface area contributed by atoms with Crippen molar-refractivity contribution in [3.05, 3.63) is 70.4 Å². The van der Waals surface area contributed by atoms with E-state index in [1.54, 1.807) is 56.5 Å². The second-order valence-electron chi connectivity index (χ2n) is 7.18. The van der Waals surface area contributed by atoms with Gasteiger partial charge in [0, 0.05) is 19.8 Å². The Morgan fingerprint density at radius 1 is 1.06 bits per heavy atom. The smallest absolute Gasteiger partial charge is 0.338 e. The molecule has 0 bridgehead atoms. The molecule has 0 aliphatic heterocycles. The van der Waals surface area contributed by atoms with Crippen LogP contribution < -0.4 is 14.4 Å². The number of hydrogen-bond acceptors (Lipinski definition) is 8. The van der Waals surface area contributed by atoms with E-state index in [0.29, 0.717) is 30.3 Å². The van der Waals surface area contributed by atoms with Crippen molar-refractivity contribution in [2.24, 2.45) is 0 Å². The molecule has 0 unspecified atom stereocenters. The van der Waals surface area contributed by atoms with Crippen LogP contribution in [0.1, 0.15) is 27.0 Å². The Morgan fingerprint density at radius 3 is 2.49 bits per heavy atom. The number of methoxy groups -OCH3 is 1. The minimum Gasteiger partial charge on any atom is -0.491 e. The van der Waals surface area contributed by atoms with E-state index in [4.69, 9.17) is 14.2 Å². The summed E-state index contributed by atoms with van der Waals surface area (Å²) >= 11 is 1.01. The predicted octanol–water partition coefficient (Wildman–Crippen LogP) is 4.03. The summed E-state index contributed by atoms with van der Waals surface area (Å²) < 4.78 is 43.2. The first-order chi connectivity index (χ1) is 16.8. The number of thiophene rings is 1. The van der Waals surface area contributed by atoms with Gasteiger partial charge in [0.15, 0.2) is 0 Å². The average Bonchev–Trinajstić information content (AvgIpc) is 3.36. The quantitative estimate of drug-likeness (QED) is 0.301. The third-order valence-corrected chi connectivity index (χ3v) is 7.73. The molecule has 1 aromatic heterocycles.